The lowest BCUT2D eigenvalue weighted by molar-refractivity contribution is 0.101. The first-order valence-corrected chi connectivity index (χ1v) is 9.44. The molecule has 3 aromatic rings. The normalized spacial score (nSPS) is 11.1. The Morgan fingerprint density at radius 1 is 0.926 bits per heavy atom. The van der Waals surface area contributed by atoms with Crippen LogP contribution in [-0.2, 0) is 5.41 Å². The van der Waals surface area contributed by atoms with Crippen molar-refractivity contribution in [3.63, 3.8) is 0 Å². The van der Waals surface area contributed by atoms with Gasteiger partial charge in [0.25, 0.3) is 11.8 Å². The van der Waals surface area contributed by atoms with Gasteiger partial charge in [-0.2, -0.15) is 0 Å². The standard InChI is InChI=1S/C21H21N3O2S/c1-21(2,3)16-9-7-14(8-10-16)18(25)23-17-6-4-5-15(13-17)19(26)24-20-22-11-12-27-20/h4-13H,1-3H3,(H,23,25)(H,22,24,26). The Balaban J connectivity index is 1.70. The van der Waals surface area contributed by atoms with Crippen LogP contribution in [0.5, 0.6) is 0 Å². The highest BCUT2D eigenvalue weighted by atomic mass is 32.1. The minimum atomic E-state index is -0.268. The molecule has 0 spiro atoms. The van der Waals surface area contributed by atoms with Crippen molar-refractivity contribution >= 4 is 34.0 Å². The van der Waals surface area contributed by atoms with Crippen LogP contribution in [0.3, 0.4) is 0 Å². The van der Waals surface area contributed by atoms with E-state index >= 15 is 0 Å². The SMILES string of the molecule is CC(C)(C)c1ccc(C(=O)Nc2cccc(C(=O)Nc3nccs3)c2)cc1. The van der Waals surface area contributed by atoms with Gasteiger partial charge in [0.05, 0.1) is 0 Å². The quantitative estimate of drug-likeness (QED) is 0.674. The number of aromatic nitrogens is 1. The van der Waals surface area contributed by atoms with E-state index in [4.69, 9.17) is 0 Å². The van der Waals surface area contributed by atoms with Gasteiger partial charge in [-0.25, -0.2) is 4.98 Å². The van der Waals surface area contributed by atoms with Crippen LogP contribution in [0.15, 0.2) is 60.1 Å². The molecule has 2 aromatic carbocycles. The largest absolute Gasteiger partial charge is 0.322 e. The van der Waals surface area contributed by atoms with E-state index in [-0.39, 0.29) is 17.2 Å². The van der Waals surface area contributed by atoms with Crippen LogP contribution >= 0.6 is 11.3 Å². The number of carbonyl (C=O) groups is 2. The molecule has 5 nitrogen and oxygen atoms in total. The van der Waals surface area contributed by atoms with Gasteiger partial charge >= 0.3 is 0 Å². The third-order valence-electron chi connectivity index (χ3n) is 4.05. The van der Waals surface area contributed by atoms with Crippen LogP contribution in [0, 0.1) is 0 Å². The van der Waals surface area contributed by atoms with E-state index in [0.29, 0.717) is 21.9 Å². The summed E-state index contributed by atoms with van der Waals surface area (Å²) in [5, 5.41) is 7.89. The number of nitrogens with one attached hydrogen (secondary N) is 2. The molecule has 0 saturated heterocycles. The van der Waals surface area contributed by atoms with Crippen molar-refractivity contribution in [2.24, 2.45) is 0 Å². The number of rotatable bonds is 4. The average Bonchev–Trinajstić information content (AvgIpc) is 3.14. The maximum absolute atomic E-state index is 12.5. The van der Waals surface area contributed by atoms with E-state index in [1.54, 1.807) is 35.8 Å². The summed E-state index contributed by atoms with van der Waals surface area (Å²) < 4.78 is 0. The second-order valence-corrected chi connectivity index (χ2v) is 8.05. The highest BCUT2D eigenvalue weighted by molar-refractivity contribution is 7.13. The summed E-state index contributed by atoms with van der Waals surface area (Å²) in [6, 6.07) is 14.4. The molecule has 138 valence electrons. The molecule has 0 saturated carbocycles. The third kappa shape index (κ3) is 4.80. The first kappa shape index (κ1) is 18.8. The molecule has 2 N–H and O–H groups in total. The molecule has 3 rings (SSSR count). The fraction of sp³-hybridized carbons (Fsp3) is 0.190. The summed E-state index contributed by atoms with van der Waals surface area (Å²) in [7, 11) is 0. The smallest absolute Gasteiger partial charge is 0.257 e. The molecule has 0 fully saturated rings. The number of carbonyl (C=O) groups excluding carboxylic acids is 2. The first-order valence-electron chi connectivity index (χ1n) is 8.56. The first-order chi connectivity index (χ1) is 12.8. The van der Waals surface area contributed by atoms with Crippen LogP contribution < -0.4 is 10.6 Å². The lowest BCUT2D eigenvalue weighted by Gasteiger charge is -2.19. The number of hydrogen-bond acceptors (Lipinski definition) is 4. The van der Waals surface area contributed by atoms with E-state index < -0.39 is 0 Å². The van der Waals surface area contributed by atoms with E-state index in [9.17, 15) is 9.59 Å². The van der Waals surface area contributed by atoms with E-state index in [1.165, 1.54) is 16.9 Å². The maximum atomic E-state index is 12.5. The predicted molar refractivity (Wildman–Crippen MR) is 110 cm³/mol. The van der Waals surface area contributed by atoms with Crippen LogP contribution in [0.4, 0.5) is 10.8 Å². The van der Waals surface area contributed by atoms with Gasteiger partial charge in [-0.05, 0) is 41.3 Å². The second kappa shape index (κ2) is 7.72. The van der Waals surface area contributed by atoms with Crippen molar-refractivity contribution in [1.29, 1.82) is 0 Å². The van der Waals surface area contributed by atoms with Gasteiger partial charge in [0.1, 0.15) is 0 Å². The number of anilines is 2. The molecule has 0 unspecified atom stereocenters. The van der Waals surface area contributed by atoms with Gasteiger partial charge in [-0.1, -0.05) is 39.0 Å². The molecule has 0 atom stereocenters. The van der Waals surface area contributed by atoms with Crippen molar-refractivity contribution in [1.82, 2.24) is 4.98 Å². The Bertz CT molecular complexity index is 942. The number of benzene rings is 2. The van der Waals surface area contributed by atoms with Gasteiger partial charge in [-0.3, -0.25) is 14.9 Å². The van der Waals surface area contributed by atoms with E-state index in [1.807, 2.05) is 24.3 Å². The maximum Gasteiger partial charge on any atom is 0.257 e. The summed E-state index contributed by atoms with van der Waals surface area (Å²) in [5.74, 6) is -0.483. The zero-order valence-corrected chi connectivity index (χ0v) is 16.3. The molecule has 6 heteroatoms. The summed E-state index contributed by atoms with van der Waals surface area (Å²) in [6.07, 6.45) is 1.63. The highest BCUT2D eigenvalue weighted by Gasteiger charge is 2.15. The Kier molecular flexibility index (Phi) is 5.37. The highest BCUT2D eigenvalue weighted by Crippen LogP contribution is 2.22. The number of hydrogen-bond donors (Lipinski definition) is 2. The zero-order chi connectivity index (χ0) is 19.4. The Labute approximate surface area is 162 Å². The molecule has 0 aliphatic carbocycles. The molecule has 0 radical (unpaired) electrons. The molecule has 0 aliphatic rings. The Hall–Kier alpha value is -2.99. The van der Waals surface area contributed by atoms with E-state index in [2.05, 4.69) is 36.4 Å². The fourth-order valence-electron chi connectivity index (χ4n) is 2.52. The summed E-state index contributed by atoms with van der Waals surface area (Å²) >= 11 is 1.35. The lowest BCUT2D eigenvalue weighted by Crippen LogP contribution is -2.15. The van der Waals surface area contributed by atoms with Crippen LogP contribution in [-0.4, -0.2) is 16.8 Å². The number of nitrogens with zero attached hydrogens (tertiary/aromatic N) is 1. The molecule has 0 aliphatic heterocycles. The van der Waals surface area contributed by atoms with Crippen molar-refractivity contribution in [3.8, 4) is 0 Å². The molecule has 27 heavy (non-hydrogen) atoms. The second-order valence-electron chi connectivity index (χ2n) is 7.15. The van der Waals surface area contributed by atoms with Gasteiger partial charge in [0.2, 0.25) is 0 Å². The number of amides is 2. The van der Waals surface area contributed by atoms with Crippen molar-refractivity contribution in [3.05, 3.63) is 76.8 Å². The topological polar surface area (TPSA) is 71.1 Å². The molecular weight excluding hydrogens is 358 g/mol. The zero-order valence-electron chi connectivity index (χ0n) is 15.4. The average molecular weight is 379 g/mol. The van der Waals surface area contributed by atoms with Crippen LogP contribution in [0.2, 0.25) is 0 Å². The third-order valence-corrected chi connectivity index (χ3v) is 4.74. The lowest BCUT2D eigenvalue weighted by atomic mass is 9.87. The minimum absolute atomic E-state index is 0.0358. The Morgan fingerprint density at radius 2 is 1.63 bits per heavy atom. The van der Waals surface area contributed by atoms with Gasteiger partial charge in [-0.15, -0.1) is 11.3 Å². The van der Waals surface area contributed by atoms with Crippen molar-refractivity contribution < 1.29 is 9.59 Å². The predicted octanol–water partition coefficient (Wildman–Crippen LogP) is 4.95. The van der Waals surface area contributed by atoms with E-state index in [0.717, 1.165) is 0 Å². The molecule has 1 heterocycles. The van der Waals surface area contributed by atoms with Gasteiger partial charge in [0, 0.05) is 28.4 Å². The molecule has 2 amide bonds. The molecule has 1 aromatic heterocycles. The molecule has 0 bridgehead atoms. The van der Waals surface area contributed by atoms with Gasteiger partial charge in [0.15, 0.2) is 5.13 Å². The summed E-state index contributed by atoms with van der Waals surface area (Å²) in [6.45, 7) is 6.39. The minimum Gasteiger partial charge on any atom is -0.322 e. The van der Waals surface area contributed by atoms with Crippen LogP contribution in [0.25, 0.3) is 0 Å². The number of thiazole rings is 1. The van der Waals surface area contributed by atoms with Crippen molar-refractivity contribution in [2.75, 3.05) is 10.6 Å². The monoisotopic (exact) mass is 379 g/mol. The van der Waals surface area contributed by atoms with Crippen molar-refractivity contribution in [2.45, 2.75) is 26.2 Å². The summed E-state index contributed by atoms with van der Waals surface area (Å²) in [5.41, 5.74) is 2.78. The van der Waals surface area contributed by atoms with Gasteiger partial charge < -0.3 is 5.32 Å². The van der Waals surface area contributed by atoms with Crippen LogP contribution in [0.1, 0.15) is 47.1 Å². The Morgan fingerprint density at radius 3 is 2.26 bits per heavy atom. The molecular formula is C21H21N3O2S. The summed E-state index contributed by atoms with van der Waals surface area (Å²) in [4.78, 5) is 28.8. The fourth-order valence-corrected chi connectivity index (χ4v) is 3.04.